The van der Waals surface area contributed by atoms with Crippen molar-refractivity contribution >= 4 is 9.84 Å². The lowest BCUT2D eigenvalue weighted by Gasteiger charge is -2.13. The van der Waals surface area contributed by atoms with Crippen LogP contribution in [0.5, 0.6) is 0 Å². The predicted molar refractivity (Wildman–Crippen MR) is 52.5 cm³/mol. The van der Waals surface area contributed by atoms with Crippen LogP contribution in [0.4, 0.5) is 13.2 Å². The van der Waals surface area contributed by atoms with E-state index in [0.717, 1.165) is 24.3 Å². The number of benzene rings is 1. The van der Waals surface area contributed by atoms with Crippen molar-refractivity contribution in [3.8, 4) is 0 Å². The van der Waals surface area contributed by atoms with E-state index in [1.165, 1.54) is 0 Å². The van der Waals surface area contributed by atoms with Gasteiger partial charge in [-0.15, -0.1) is 0 Å². The topological polar surface area (TPSA) is 60.2 Å². The first-order chi connectivity index (χ1) is 7.27. The molecule has 0 fully saturated rings. The van der Waals surface area contributed by atoms with Crippen LogP contribution in [-0.2, 0) is 9.84 Å². The summed E-state index contributed by atoms with van der Waals surface area (Å²) < 4.78 is 61.1. The monoisotopic (exact) mass is 253 g/mol. The molecule has 0 aliphatic rings. The van der Waals surface area contributed by atoms with Gasteiger partial charge in [-0.2, -0.15) is 0 Å². The maximum Gasteiger partial charge on any atom is 0.274 e. The van der Waals surface area contributed by atoms with Crippen molar-refractivity contribution in [3.05, 3.63) is 30.1 Å². The van der Waals surface area contributed by atoms with E-state index in [2.05, 4.69) is 0 Å². The normalized spacial score (nSPS) is 12.8. The van der Waals surface area contributed by atoms with Crippen LogP contribution in [0.2, 0.25) is 0 Å². The molecular formula is C9H10F3NO2S. The van der Waals surface area contributed by atoms with Gasteiger partial charge in [0.05, 0.1) is 11.4 Å². The molecule has 7 heteroatoms. The van der Waals surface area contributed by atoms with Gasteiger partial charge in [-0.1, -0.05) is 0 Å². The first-order valence-corrected chi connectivity index (χ1v) is 5.98. The molecule has 1 aromatic rings. The molecule has 2 N–H and O–H groups in total. The number of halogens is 3. The van der Waals surface area contributed by atoms with Crippen LogP contribution in [0.3, 0.4) is 0 Å². The smallest absolute Gasteiger partial charge is 0.274 e. The number of nitrogens with two attached hydrogens (primary N) is 1. The van der Waals surface area contributed by atoms with Gasteiger partial charge in [-0.25, -0.2) is 21.6 Å². The lowest BCUT2D eigenvalue weighted by molar-refractivity contribution is 0.0357. The van der Waals surface area contributed by atoms with Gasteiger partial charge in [0.25, 0.3) is 5.92 Å². The third-order valence-electron chi connectivity index (χ3n) is 1.87. The highest BCUT2D eigenvalue weighted by molar-refractivity contribution is 7.91. The van der Waals surface area contributed by atoms with Crippen LogP contribution in [0.25, 0.3) is 0 Å². The lowest BCUT2D eigenvalue weighted by Crippen LogP contribution is -2.35. The Bertz CT molecular complexity index is 456. The second-order valence-corrected chi connectivity index (χ2v) is 5.26. The minimum Gasteiger partial charge on any atom is -0.325 e. The van der Waals surface area contributed by atoms with Crippen molar-refractivity contribution in [2.45, 2.75) is 10.8 Å². The van der Waals surface area contributed by atoms with Crippen molar-refractivity contribution < 1.29 is 21.6 Å². The maximum atomic E-state index is 12.8. The van der Waals surface area contributed by atoms with E-state index in [1.807, 2.05) is 0 Å². The van der Waals surface area contributed by atoms with E-state index in [1.54, 1.807) is 0 Å². The molecule has 0 aliphatic heterocycles. The Morgan fingerprint density at radius 3 is 2.12 bits per heavy atom. The van der Waals surface area contributed by atoms with Crippen molar-refractivity contribution in [3.63, 3.8) is 0 Å². The van der Waals surface area contributed by atoms with Gasteiger partial charge in [-0.05, 0) is 24.3 Å². The highest BCUT2D eigenvalue weighted by Gasteiger charge is 2.34. The first kappa shape index (κ1) is 13.0. The van der Waals surface area contributed by atoms with Crippen LogP contribution in [0, 0.1) is 5.82 Å². The first-order valence-electron chi connectivity index (χ1n) is 4.33. The standard InChI is InChI=1S/C9H10F3NO2S/c10-7-1-3-8(4-2-7)16(14,15)6-9(11,12)5-13/h1-4H,5-6,13H2. The zero-order valence-corrected chi connectivity index (χ0v) is 8.98. The van der Waals surface area contributed by atoms with Crippen LogP contribution in [0.1, 0.15) is 0 Å². The average Bonchev–Trinajstić information content (AvgIpc) is 2.17. The third kappa shape index (κ3) is 3.21. The Morgan fingerprint density at radius 1 is 1.19 bits per heavy atom. The zero-order valence-electron chi connectivity index (χ0n) is 8.16. The molecule has 0 aliphatic carbocycles. The van der Waals surface area contributed by atoms with Gasteiger partial charge >= 0.3 is 0 Å². The predicted octanol–water partition coefficient (Wildman–Crippen LogP) is 1.19. The molecular weight excluding hydrogens is 243 g/mol. The third-order valence-corrected chi connectivity index (χ3v) is 3.67. The van der Waals surface area contributed by atoms with E-state index < -0.39 is 33.9 Å². The molecule has 0 saturated carbocycles. The molecule has 0 radical (unpaired) electrons. The number of sulfone groups is 1. The molecule has 0 atom stereocenters. The van der Waals surface area contributed by atoms with Gasteiger partial charge in [0.1, 0.15) is 11.6 Å². The lowest BCUT2D eigenvalue weighted by atomic mass is 10.3. The van der Waals surface area contributed by atoms with Gasteiger partial charge in [0, 0.05) is 0 Å². The molecule has 0 amide bonds. The molecule has 0 spiro atoms. The minimum absolute atomic E-state index is 0.345. The number of hydrogen-bond acceptors (Lipinski definition) is 3. The van der Waals surface area contributed by atoms with Crippen LogP contribution < -0.4 is 5.73 Å². The molecule has 3 nitrogen and oxygen atoms in total. The number of alkyl halides is 2. The highest BCUT2D eigenvalue weighted by atomic mass is 32.2. The SMILES string of the molecule is NCC(F)(F)CS(=O)(=O)c1ccc(F)cc1. The van der Waals surface area contributed by atoms with E-state index in [9.17, 15) is 21.6 Å². The summed E-state index contributed by atoms with van der Waals surface area (Å²) >= 11 is 0. The van der Waals surface area contributed by atoms with E-state index in [0.29, 0.717) is 0 Å². The molecule has 0 heterocycles. The van der Waals surface area contributed by atoms with Gasteiger partial charge in [-0.3, -0.25) is 0 Å². The van der Waals surface area contributed by atoms with Gasteiger partial charge in [0.2, 0.25) is 0 Å². The summed E-state index contributed by atoms with van der Waals surface area (Å²) in [4.78, 5) is -0.345. The molecule has 16 heavy (non-hydrogen) atoms. The Hall–Kier alpha value is -1.08. The Morgan fingerprint density at radius 2 is 1.69 bits per heavy atom. The van der Waals surface area contributed by atoms with Crippen LogP contribution in [0.15, 0.2) is 29.2 Å². The summed E-state index contributed by atoms with van der Waals surface area (Å²) in [5, 5.41) is 0. The summed E-state index contributed by atoms with van der Waals surface area (Å²) in [6.45, 7) is -1.05. The van der Waals surface area contributed by atoms with Gasteiger partial charge < -0.3 is 5.73 Å². The van der Waals surface area contributed by atoms with Crippen molar-refractivity contribution in [1.29, 1.82) is 0 Å². The quantitative estimate of drug-likeness (QED) is 0.820. The molecule has 0 saturated heterocycles. The fourth-order valence-corrected chi connectivity index (χ4v) is 2.45. The summed E-state index contributed by atoms with van der Waals surface area (Å²) in [5.41, 5.74) is 4.74. The maximum absolute atomic E-state index is 12.8. The van der Waals surface area contributed by atoms with Gasteiger partial charge in [0.15, 0.2) is 9.84 Å². The summed E-state index contributed by atoms with van der Waals surface area (Å²) in [6, 6.07) is 3.68. The van der Waals surface area contributed by atoms with E-state index in [-0.39, 0.29) is 4.90 Å². The minimum atomic E-state index is -4.14. The van der Waals surface area contributed by atoms with E-state index in [4.69, 9.17) is 5.73 Å². The Balaban J connectivity index is 2.99. The largest absolute Gasteiger partial charge is 0.325 e. The fraction of sp³-hybridized carbons (Fsp3) is 0.333. The Labute approximate surface area is 91.0 Å². The molecule has 0 aromatic heterocycles. The second-order valence-electron chi connectivity index (χ2n) is 3.27. The average molecular weight is 253 g/mol. The summed E-state index contributed by atoms with van der Waals surface area (Å²) in [5.74, 6) is -5.49. The zero-order chi connectivity index (χ0) is 12.4. The van der Waals surface area contributed by atoms with Crippen molar-refractivity contribution in [2.75, 3.05) is 12.3 Å². The van der Waals surface area contributed by atoms with Crippen LogP contribution >= 0.6 is 0 Å². The molecule has 0 unspecified atom stereocenters. The fourth-order valence-electron chi connectivity index (χ4n) is 1.06. The number of rotatable bonds is 4. The summed E-state index contributed by atoms with van der Waals surface area (Å²) in [7, 11) is -4.14. The number of hydrogen-bond donors (Lipinski definition) is 1. The Kier molecular flexibility index (Phi) is 3.59. The van der Waals surface area contributed by atoms with Crippen molar-refractivity contribution in [1.82, 2.24) is 0 Å². The van der Waals surface area contributed by atoms with Crippen molar-refractivity contribution in [2.24, 2.45) is 5.73 Å². The molecule has 0 bridgehead atoms. The second kappa shape index (κ2) is 4.42. The highest BCUT2D eigenvalue weighted by Crippen LogP contribution is 2.20. The molecule has 1 rings (SSSR count). The van der Waals surface area contributed by atoms with Crippen LogP contribution in [-0.4, -0.2) is 26.6 Å². The molecule has 1 aromatic carbocycles. The van der Waals surface area contributed by atoms with E-state index >= 15 is 0 Å². The molecule has 90 valence electrons. The summed E-state index contributed by atoms with van der Waals surface area (Å²) in [6.07, 6.45) is 0.